The van der Waals surface area contributed by atoms with Crippen molar-refractivity contribution in [2.45, 2.75) is 19.0 Å². The second-order valence-corrected chi connectivity index (χ2v) is 8.23. The number of anilines is 1. The number of carbonyl (C=O) groups excluding carboxylic acids is 1. The van der Waals surface area contributed by atoms with Crippen LogP contribution in [-0.2, 0) is 26.3 Å². The zero-order valence-electron chi connectivity index (χ0n) is 17.2. The molecule has 0 aromatic heterocycles. The van der Waals surface area contributed by atoms with Crippen molar-refractivity contribution in [1.82, 2.24) is 9.44 Å². The predicted octanol–water partition coefficient (Wildman–Crippen LogP) is 0.202. The SMILES string of the molecule is N=C(N)Nc1ccc(C(=O)Oc2ccc(CNS(=O)(=O)N[C@@H](CC(=O)O)C(=O)O)cc2)c(F)c1. The number of rotatable bonds is 11. The van der Waals surface area contributed by atoms with Crippen molar-refractivity contribution in [3.05, 3.63) is 59.4 Å². The number of carboxylic acid groups (broad SMARTS) is 2. The van der Waals surface area contributed by atoms with Gasteiger partial charge in [-0.15, -0.1) is 0 Å². The van der Waals surface area contributed by atoms with Gasteiger partial charge >= 0.3 is 17.9 Å². The van der Waals surface area contributed by atoms with Gasteiger partial charge in [-0.2, -0.15) is 17.9 Å². The van der Waals surface area contributed by atoms with E-state index in [0.717, 1.165) is 12.1 Å². The second kappa shape index (κ2) is 11.2. The van der Waals surface area contributed by atoms with Crippen LogP contribution < -0.4 is 25.2 Å². The number of esters is 1. The summed E-state index contributed by atoms with van der Waals surface area (Å²) >= 11 is 0. The van der Waals surface area contributed by atoms with Crippen LogP contribution in [0.3, 0.4) is 0 Å². The molecule has 1 atom stereocenters. The molecule has 0 fully saturated rings. The summed E-state index contributed by atoms with van der Waals surface area (Å²) in [5.41, 5.74) is 5.34. The number of hydrogen-bond acceptors (Lipinski definition) is 7. The number of benzene rings is 2. The molecule has 34 heavy (non-hydrogen) atoms. The lowest BCUT2D eigenvalue weighted by Gasteiger charge is -2.13. The minimum Gasteiger partial charge on any atom is -0.481 e. The number of carbonyl (C=O) groups is 3. The molecule has 13 nitrogen and oxygen atoms in total. The topological polar surface area (TPSA) is 221 Å². The lowest BCUT2D eigenvalue weighted by Crippen LogP contribution is -2.47. The van der Waals surface area contributed by atoms with Gasteiger partial charge in [-0.05, 0) is 35.9 Å². The van der Waals surface area contributed by atoms with E-state index in [2.05, 4.69) is 10.0 Å². The van der Waals surface area contributed by atoms with Gasteiger partial charge < -0.3 is 26.0 Å². The number of ether oxygens (including phenoxy) is 1. The normalized spacial score (nSPS) is 11.9. The quantitative estimate of drug-likeness (QED) is 0.0967. The van der Waals surface area contributed by atoms with E-state index in [-0.39, 0.29) is 23.5 Å². The minimum atomic E-state index is -4.35. The Morgan fingerprint density at radius 2 is 1.76 bits per heavy atom. The highest BCUT2D eigenvalue weighted by Gasteiger charge is 2.26. The molecule has 2 rings (SSSR count). The molecule has 0 saturated carbocycles. The molecule has 0 saturated heterocycles. The van der Waals surface area contributed by atoms with E-state index in [4.69, 9.17) is 26.1 Å². The number of guanidine groups is 1. The van der Waals surface area contributed by atoms with Crippen LogP contribution in [0.5, 0.6) is 5.75 Å². The van der Waals surface area contributed by atoms with Crippen molar-refractivity contribution in [3.63, 3.8) is 0 Å². The van der Waals surface area contributed by atoms with Gasteiger partial charge in [0.25, 0.3) is 10.2 Å². The fraction of sp³-hybridized carbons (Fsp3) is 0.158. The molecule has 0 aliphatic heterocycles. The van der Waals surface area contributed by atoms with E-state index in [0.29, 0.717) is 5.56 Å². The molecule has 15 heteroatoms. The number of carboxylic acids is 2. The first kappa shape index (κ1) is 26.2. The van der Waals surface area contributed by atoms with Crippen LogP contribution in [0.1, 0.15) is 22.3 Å². The maximum Gasteiger partial charge on any atom is 0.346 e. The molecule has 0 amide bonds. The average Bonchev–Trinajstić information content (AvgIpc) is 2.72. The van der Waals surface area contributed by atoms with Gasteiger partial charge in [0.2, 0.25) is 0 Å². The second-order valence-electron chi connectivity index (χ2n) is 6.70. The van der Waals surface area contributed by atoms with Crippen molar-refractivity contribution >= 4 is 39.8 Å². The summed E-state index contributed by atoms with van der Waals surface area (Å²) in [6.07, 6.45) is -0.952. The minimum absolute atomic E-state index is 0.0347. The van der Waals surface area contributed by atoms with Crippen LogP contribution in [0.15, 0.2) is 42.5 Å². The van der Waals surface area contributed by atoms with E-state index in [1.165, 1.54) is 30.3 Å². The number of nitrogens with one attached hydrogen (secondary N) is 4. The van der Waals surface area contributed by atoms with Gasteiger partial charge in [-0.1, -0.05) is 12.1 Å². The highest BCUT2D eigenvalue weighted by molar-refractivity contribution is 7.87. The van der Waals surface area contributed by atoms with Crippen molar-refractivity contribution in [1.29, 1.82) is 5.41 Å². The highest BCUT2D eigenvalue weighted by Crippen LogP contribution is 2.18. The smallest absolute Gasteiger partial charge is 0.346 e. The highest BCUT2D eigenvalue weighted by atomic mass is 32.2. The standard InChI is InChI=1S/C19H20FN5O8S/c20-14-7-11(24-19(21)22)3-6-13(14)18(30)33-12-4-1-10(2-5-12)9-23-34(31,32)25-15(17(28)29)8-16(26)27/h1-7,15,23,25H,8-9H2,(H,26,27)(H,28,29)(H4,21,22,24)/t15-/m0/s1. The van der Waals surface area contributed by atoms with Gasteiger partial charge in [-0.3, -0.25) is 15.0 Å². The monoisotopic (exact) mass is 497 g/mol. The first-order valence-corrected chi connectivity index (χ1v) is 10.8. The summed E-state index contributed by atoms with van der Waals surface area (Å²) in [5, 5.41) is 27.1. The van der Waals surface area contributed by atoms with Gasteiger partial charge in [0.15, 0.2) is 5.96 Å². The molecule has 0 heterocycles. The third-order valence-corrected chi connectivity index (χ3v) is 5.16. The number of hydrogen-bond donors (Lipinski definition) is 7. The molecule has 0 aliphatic carbocycles. The van der Waals surface area contributed by atoms with Crippen LogP contribution >= 0.6 is 0 Å². The Kier molecular flexibility index (Phi) is 8.60. The summed E-state index contributed by atoms with van der Waals surface area (Å²) < 4.78 is 47.0. The van der Waals surface area contributed by atoms with Gasteiger partial charge in [-0.25, -0.2) is 9.18 Å². The Morgan fingerprint density at radius 1 is 1.12 bits per heavy atom. The molecule has 182 valence electrons. The average molecular weight is 497 g/mol. The largest absolute Gasteiger partial charge is 0.481 e. The Balaban J connectivity index is 1.97. The molecule has 0 radical (unpaired) electrons. The van der Waals surface area contributed by atoms with Crippen LogP contribution in [-0.4, -0.2) is 48.5 Å². The first-order chi connectivity index (χ1) is 15.9. The molecule has 0 unspecified atom stereocenters. The molecule has 8 N–H and O–H groups in total. The summed E-state index contributed by atoms with van der Waals surface area (Å²) in [7, 11) is -4.35. The zero-order valence-corrected chi connectivity index (χ0v) is 18.1. The third kappa shape index (κ3) is 8.12. The summed E-state index contributed by atoms with van der Waals surface area (Å²) in [5.74, 6) is -5.42. The molecule has 0 bridgehead atoms. The van der Waals surface area contributed by atoms with Crippen LogP contribution in [0.2, 0.25) is 0 Å². The van der Waals surface area contributed by atoms with Crippen molar-refractivity contribution in [2.24, 2.45) is 5.73 Å². The lowest BCUT2D eigenvalue weighted by atomic mass is 10.2. The Hall–Kier alpha value is -4.08. The summed E-state index contributed by atoms with van der Waals surface area (Å²) in [6.45, 7) is -0.289. The van der Waals surface area contributed by atoms with Gasteiger partial charge in [0.05, 0.1) is 12.0 Å². The van der Waals surface area contributed by atoms with Crippen LogP contribution in [0.25, 0.3) is 0 Å². The van der Waals surface area contributed by atoms with Gasteiger partial charge in [0.1, 0.15) is 17.6 Å². The molecular formula is C19H20FN5O8S. The van der Waals surface area contributed by atoms with E-state index >= 15 is 0 Å². The van der Waals surface area contributed by atoms with Gasteiger partial charge in [0, 0.05) is 12.2 Å². The maximum atomic E-state index is 14.1. The van der Waals surface area contributed by atoms with E-state index < -0.39 is 52.4 Å². The lowest BCUT2D eigenvalue weighted by molar-refractivity contribution is -0.145. The first-order valence-electron chi connectivity index (χ1n) is 9.29. The summed E-state index contributed by atoms with van der Waals surface area (Å²) in [4.78, 5) is 33.9. The van der Waals surface area contributed by atoms with E-state index in [1.54, 1.807) is 4.72 Å². The van der Waals surface area contributed by atoms with Crippen LogP contribution in [0, 0.1) is 11.2 Å². The Bertz CT molecular complexity index is 1200. The molecular weight excluding hydrogens is 477 g/mol. The van der Waals surface area contributed by atoms with Crippen LogP contribution in [0.4, 0.5) is 10.1 Å². The Morgan fingerprint density at radius 3 is 2.29 bits per heavy atom. The number of nitrogens with two attached hydrogens (primary N) is 1. The van der Waals surface area contributed by atoms with Crippen molar-refractivity contribution < 1.29 is 42.1 Å². The van der Waals surface area contributed by atoms with Crippen molar-refractivity contribution in [3.8, 4) is 5.75 Å². The Labute approximate surface area is 192 Å². The fourth-order valence-electron chi connectivity index (χ4n) is 2.51. The molecule has 2 aromatic rings. The van der Waals surface area contributed by atoms with E-state index in [1.807, 2.05) is 0 Å². The molecule has 0 spiro atoms. The zero-order chi connectivity index (χ0) is 25.5. The predicted molar refractivity (Wildman–Crippen MR) is 116 cm³/mol. The molecule has 0 aliphatic rings. The maximum absolute atomic E-state index is 14.1. The van der Waals surface area contributed by atoms with E-state index in [9.17, 15) is 27.2 Å². The molecule has 2 aromatic carbocycles. The fourth-order valence-corrected chi connectivity index (χ4v) is 3.51. The number of aliphatic carboxylic acids is 2. The third-order valence-electron chi connectivity index (χ3n) is 4.04. The summed E-state index contributed by atoms with van der Waals surface area (Å²) in [6, 6.07) is 7.02. The van der Waals surface area contributed by atoms with Crippen molar-refractivity contribution in [2.75, 3.05) is 5.32 Å². The number of halogens is 1.